The number of hydrogen-bond acceptors (Lipinski definition) is 8. The lowest BCUT2D eigenvalue weighted by Gasteiger charge is -2.26. The Labute approximate surface area is 203 Å². The minimum Gasteiger partial charge on any atom is -0.481 e. The van der Waals surface area contributed by atoms with Gasteiger partial charge in [-0.15, -0.1) is 0 Å². The molecular formula is C21H37N5O9. The normalized spacial score (nSPS) is 14.3. The van der Waals surface area contributed by atoms with Crippen molar-refractivity contribution in [3.8, 4) is 0 Å². The highest BCUT2D eigenvalue weighted by atomic mass is 16.4. The lowest BCUT2D eigenvalue weighted by atomic mass is 10.0. The van der Waals surface area contributed by atoms with Crippen molar-refractivity contribution >= 4 is 35.6 Å². The second kappa shape index (κ2) is 16.4. The molecule has 200 valence electrons. The van der Waals surface area contributed by atoms with Crippen LogP contribution in [-0.4, -0.2) is 81.7 Å². The molecule has 0 radical (unpaired) electrons. The Morgan fingerprint density at radius 2 is 1.20 bits per heavy atom. The van der Waals surface area contributed by atoms with Gasteiger partial charge in [0, 0.05) is 12.8 Å². The summed E-state index contributed by atoms with van der Waals surface area (Å²) in [5.41, 5.74) is 11.1. The zero-order valence-electron chi connectivity index (χ0n) is 20.0. The summed E-state index contributed by atoms with van der Waals surface area (Å²) in [6.07, 6.45) is -0.309. The molecule has 0 bridgehead atoms. The first-order valence-corrected chi connectivity index (χ1v) is 11.3. The third kappa shape index (κ3) is 13.3. The molecule has 0 aliphatic carbocycles. The third-order valence-corrected chi connectivity index (χ3v) is 5.10. The standard InChI is InChI=1S/C21H37N5O9/c1-11(2)17(21(34)35)26-20(33)13(5-3-4-10-22)25-19(32)14(7-9-16(29)30)24-18(31)12(23)6-8-15(27)28/h11-14,17H,3-10,22-23H2,1-2H3,(H,24,31)(H,25,32)(H,26,33)(H,27,28)(H,29,30)(H,34,35). The van der Waals surface area contributed by atoms with Crippen molar-refractivity contribution in [1.29, 1.82) is 0 Å². The first-order valence-electron chi connectivity index (χ1n) is 11.3. The van der Waals surface area contributed by atoms with Crippen molar-refractivity contribution in [1.82, 2.24) is 16.0 Å². The highest BCUT2D eigenvalue weighted by molar-refractivity contribution is 5.94. The summed E-state index contributed by atoms with van der Waals surface area (Å²) in [6, 6.07) is -5.00. The largest absolute Gasteiger partial charge is 0.481 e. The smallest absolute Gasteiger partial charge is 0.326 e. The Balaban J connectivity index is 5.55. The van der Waals surface area contributed by atoms with E-state index in [9.17, 15) is 33.9 Å². The van der Waals surface area contributed by atoms with Gasteiger partial charge in [0.05, 0.1) is 6.04 Å². The fraction of sp³-hybridized carbons (Fsp3) is 0.714. The van der Waals surface area contributed by atoms with E-state index in [4.69, 9.17) is 21.7 Å². The van der Waals surface area contributed by atoms with Crippen LogP contribution in [0.15, 0.2) is 0 Å². The van der Waals surface area contributed by atoms with Crippen LogP contribution < -0.4 is 27.4 Å². The molecular weight excluding hydrogens is 466 g/mol. The highest BCUT2D eigenvalue weighted by Crippen LogP contribution is 2.08. The monoisotopic (exact) mass is 503 g/mol. The Morgan fingerprint density at radius 1 is 0.714 bits per heavy atom. The van der Waals surface area contributed by atoms with Crippen LogP contribution in [0.5, 0.6) is 0 Å². The van der Waals surface area contributed by atoms with E-state index in [1.54, 1.807) is 13.8 Å². The van der Waals surface area contributed by atoms with Crippen LogP contribution in [0, 0.1) is 5.92 Å². The first-order chi connectivity index (χ1) is 16.3. The SMILES string of the molecule is CC(C)C(NC(=O)C(CCCCN)NC(=O)C(CCC(=O)O)NC(=O)C(N)CCC(=O)O)C(=O)O. The fourth-order valence-electron chi connectivity index (χ4n) is 3.03. The van der Waals surface area contributed by atoms with E-state index < -0.39 is 72.1 Å². The van der Waals surface area contributed by atoms with Gasteiger partial charge in [0.25, 0.3) is 0 Å². The maximum atomic E-state index is 12.9. The predicted molar refractivity (Wildman–Crippen MR) is 123 cm³/mol. The molecule has 35 heavy (non-hydrogen) atoms. The molecule has 14 nitrogen and oxygen atoms in total. The molecule has 4 atom stereocenters. The molecule has 0 aliphatic rings. The van der Waals surface area contributed by atoms with Crippen LogP contribution in [0.3, 0.4) is 0 Å². The van der Waals surface area contributed by atoms with Crippen LogP contribution in [0.25, 0.3) is 0 Å². The number of carboxylic acids is 3. The van der Waals surface area contributed by atoms with Crippen LogP contribution in [-0.2, 0) is 28.8 Å². The van der Waals surface area contributed by atoms with Gasteiger partial charge in [-0.3, -0.25) is 24.0 Å². The van der Waals surface area contributed by atoms with Gasteiger partial charge in [0.1, 0.15) is 18.1 Å². The maximum Gasteiger partial charge on any atom is 0.326 e. The number of rotatable bonds is 18. The Morgan fingerprint density at radius 3 is 1.69 bits per heavy atom. The topological polar surface area (TPSA) is 251 Å². The molecule has 0 aromatic carbocycles. The van der Waals surface area contributed by atoms with Crippen molar-refractivity contribution < 1.29 is 44.1 Å². The summed E-state index contributed by atoms with van der Waals surface area (Å²) >= 11 is 0. The van der Waals surface area contributed by atoms with Gasteiger partial charge >= 0.3 is 17.9 Å². The second-order valence-electron chi connectivity index (χ2n) is 8.45. The minimum atomic E-state index is -1.38. The lowest BCUT2D eigenvalue weighted by Crippen LogP contribution is -2.57. The van der Waals surface area contributed by atoms with Crippen LogP contribution >= 0.6 is 0 Å². The summed E-state index contributed by atoms with van der Waals surface area (Å²) in [4.78, 5) is 71.2. The van der Waals surface area contributed by atoms with E-state index in [2.05, 4.69) is 16.0 Å². The van der Waals surface area contributed by atoms with Gasteiger partial charge in [0.2, 0.25) is 17.7 Å². The highest BCUT2D eigenvalue weighted by Gasteiger charge is 2.31. The van der Waals surface area contributed by atoms with E-state index in [1.807, 2.05) is 0 Å². The number of unbranched alkanes of at least 4 members (excludes halogenated alkanes) is 1. The number of carbonyl (C=O) groups is 6. The summed E-state index contributed by atoms with van der Waals surface area (Å²) in [6.45, 7) is 3.54. The Bertz CT molecular complexity index is 759. The van der Waals surface area contributed by atoms with Gasteiger partial charge in [0.15, 0.2) is 0 Å². The molecule has 10 N–H and O–H groups in total. The molecule has 0 aliphatic heterocycles. The van der Waals surface area contributed by atoms with Crippen molar-refractivity contribution in [3.63, 3.8) is 0 Å². The number of nitrogens with one attached hydrogen (secondary N) is 3. The Kier molecular flexibility index (Phi) is 14.9. The van der Waals surface area contributed by atoms with Gasteiger partial charge < -0.3 is 42.7 Å². The second-order valence-corrected chi connectivity index (χ2v) is 8.45. The van der Waals surface area contributed by atoms with Crippen molar-refractivity contribution in [2.24, 2.45) is 17.4 Å². The quantitative estimate of drug-likeness (QED) is 0.0985. The molecule has 14 heteroatoms. The van der Waals surface area contributed by atoms with Gasteiger partial charge in [-0.1, -0.05) is 13.8 Å². The maximum absolute atomic E-state index is 12.9. The molecule has 0 fully saturated rings. The molecule has 0 saturated carbocycles. The average molecular weight is 504 g/mol. The van der Waals surface area contributed by atoms with E-state index in [0.29, 0.717) is 19.4 Å². The van der Waals surface area contributed by atoms with E-state index >= 15 is 0 Å². The van der Waals surface area contributed by atoms with E-state index in [-0.39, 0.29) is 25.7 Å². The lowest BCUT2D eigenvalue weighted by molar-refractivity contribution is -0.143. The van der Waals surface area contributed by atoms with Crippen molar-refractivity contribution in [3.05, 3.63) is 0 Å². The van der Waals surface area contributed by atoms with Crippen LogP contribution in [0.1, 0.15) is 58.8 Å². The van der Waals surface area contributed by atoms with E-state index in [1.165, 1.54) is 0 Å². The minimum absolute atomic E-state index is 0.122. The summed E-state index contributed by atoms with van der Waals surface area (Å²) in [5, 5.41) is 34.2. The van der Waals surface area contributed by atoms with Crippen molar-refractivity contribution in [2.45, 2.75) is 83.0 Å². The molecule has 0 spiro atoms. The molecule has 4 unspecified atom stereocenters. The summed E-state index contributed by atoms with van der Waals surface area (Å²) < 4.78 is 0. The van der Waals surface area contributed by atoms with E-state index in [0.717, 1.165) is 0 Å². The number of aliphatic carboxylic acids is 3. The molecule has 0 rings (SSSR count). The van der Waals surface area contributed by atoms with Crippen LogP contribution in [0.4, 0.5) is 0 Å². The van der Waals surface area contributed by atoms with Crippen LogP contribution in [0.2, 0.25) is 0 Å². The van der Waals surface area contributed by atoms with Crippen molar-refractivity contribution in [2.75, 3.05) is 6.54 Å². The Hall–Kier alpha value is -3.26. The molecule has 0 aromatic rings. The third-order valence-electron chi connectivity index (χ3n) is 5.10. The zero-order valence-corrected chi connectivity index (χ0v) is 20.0. The van der Waals surface area contributed by atoms with Gasteiger partial charge in [-0.2, -0.15) is 0 Å². The average Bonchev–Trinajstić information content (AvgIpc) is 2.76. The molecule has 0 heterocycles. The zero-order chi connectivity index (χ0) is 27.1. The van der Waals surface area contributed by atoms with Gasteiger partial charge in [-0.05, 0) is 44.6 Å². The fourth-order valence-corrected chi connectivity index (χ4v) is 3.03. The number of carbonyl (C=O) groups excluding carboxylic acids is 3. The molecule has 3 amide bonds. The number of carboxylic acid groups (broad SMARTS) is 3. The summed E-state index contributed by atoms with van der Waals surface area (Å²) in [5.74, 6) is -6.56. The number of amides is 3. The summed E-state index contributed by atoms with van der Waals surface area (Å²) in [7, 11) is 0. The number of nitrogens with two attached hydrogens (primary N) is 2. The molecule has 0 saturated heterocycles. The predicted octanol–water partition coefficient (Wildman–Crippen LogP) is -1.63. The number of hydrogen-bond donors (Lipinski definition) is 8. The first kappa shape index (κ1) is 31.7. The van der Waals surface area contributed by atoms with Gasteiger partial charge in [-0.25, -0.2) is 4.79 Å². The molecule has 0 aromatic heterocycles.